The van der Waals surface area contributed by atoms with Crippen LogP contribution in [0.1, 0.15) is 37.2 Å². The quantitative estimate of drug-likeness (QED) is 0.314. The molecule has 0 bridgehead atoms. The predicted molar refractivity (Wildman–Crippen MR) is 113 cm³/mol. The summed E-state index contributed by atoms with van der Waals surface area (Å²) in [7, 11) is 0. The molecular formula is C24H29NO4. The molecule has 0 aliphatic heterocycles. The van der Waals surface area contributed by atoms with Gasteiger partial charge in [-0.3, -0.25) is 0 Å². The van der Waals surface area contributed by atoms with Crippen molar-refractivity contribution in [2.75, 3.05) is 13.2 Å². The third-order valence-corrected chi connectivity index (χ3v) is 4.70. The molecule has 0 spiro atoms. The van der Waals surface area contributed by atoms with Crippen molar-refractivity contribution >= 4 is 0 Å². The molecule has 2 aromatic carbocycles. The summed E-state index contributed by atoms with van der Waals surface area (Å²) in [5.41, 5.74) is 4.09. The molecule has 5 nitrogen and oxygen atoms in total. The van der Waals surface area contributed by atoms with Gasteiger partial charge in [0.25, 0.3) is 0 Å². The highest BCUT2D eigenvalue weighted by molar-refractivity contribution is 5.63. The normalized spacial score (nSPS) is 12.1. The maximum absolute atomic E-state index is 5.99. The first kappa shape index (κ1) is 21.1. The number of aromatic nitrogens is 1. The second-order valence-corrected chi connectivity index (χ2v) is 6.86. The van der Waals surface area contributed by atoms with E-state index in [1.54, 1.807) is 0 Å². The van der Waals surface area contributed by atoms with Crippen molar-refractivity contribution in [1.29, 1.82) is 0 Å². The van der Waals surface area contributed by atoms with Gasteiger partial charge < -0.3 is 18.7 Å². The van der Waals surface area contributed by atoms with E-state index in [4.69, 9.17) is 18.7 Å². The van der Waals surface area contributed by atoms with E-state index < -0.39 is 0 Å². The number of ether oxygens (including phenoxy) is 3. The first-order valence-electron chi connectivity index (χ1n) is 10.1. The first-order chi connectivity index (χ1) is 14.2. The zero-order valence-electron chi connectivity index (χ0n) is 17.4. The molecule has 154 valence electrons. The van der Waals surface area contributed by atoms with Crippen LogP contribution in [0.2, 0.25) is 0 Å². The third kappa shape index (κ3) is 6.17. The molecule has 3 rings (SSSR count). The molecule has 0 radical (unpaired) electrons. The van der Waals surface area contributed by atoms with Crippen LogP contribution in [0.3, 0.4) is 0 Å². The maximum atomic E-state index is 5.99. The first-order valence-corrected chi connectivity index (χ1v) is 10.1. The zero-order chi connectivity index (χ0) is 20.5. The Morgan fingerprint density at radius 2 is 1.76 bits per heavy atom. The van der Waals surface area contributed by atoms with E-state index in [2.05, 4.69) is 17.3 Å². The summed E-state index contributed by atoms with van der Waals surface area (Å²) in [6.07, 6.45) is 1.78. The molecular weight excluding hydrogens is 366 g/mol. The van der Waals surface area contributed by atoms with Crippen LogP contribution in [0, 0.1) is 6.92 Å². The topological polar surface area (TPSA) is 53.7 Å². The van der Waals surface area contributed by atoms with Crippen LogP contribution in [0.4, 0.5) is 0 Å². The van der Waals surface area contributed by atoms with Gasteiger partial charge in [-0.2, -0.15) is 0 Å². The standard InChI is InChI=1S/C24H29NO4/c1-4-26-19(3)27-16-8-9-20-12-14-22(15-13-20)28-17-23-18(2)29-25-24(23)21-10-6-5-7-11-21/h5-7,10-15,19H,4,8-9,16-17H2,1-3H3. The molecule has 0 aliphatic carbocycles. The Bertz CT molecular complexity index is 858. The van der Waals surface area contributed by atoms with Crippen LogP contribution < -0.4 is 4.74 Å². The Morgan fingerprint density at radius 3 is 2.48 bits per heavy atom. The Morgan fingerprint density at radius 1 is 1.00 bits per heavy atom. The lowest BCUT2D eigenvalue weighted by molar-refractivity contribution is -0.127. The predicted octanol–water partition coefficient (Wildman–Crippen LogP) is 5.56. The molecule has 1 atom stereocenters. The number of aryl methyl sites for hydroxylation is 2. The molecule has 0 fully saturated rings. The largest absolute Gasteiger partial charge is 0.489 e. The fourth-order valence-corrected chi connectivity index (χ4v) is 3.10. The average molecular weight is 395 g/mol. The Kier molecular flexibility index (Phi) is 7.85. The molecule has 29 heavy (non-hydrogen) atoms. The number of benzene rings is 2. The van der Waals surface area contributed by atoms with Crippen molar-refractivity contribution in [3.63, 3.8) is 0 Å². The number of hydrogen-bond acceptors (Lipinski definition) is 5. The summed E-state index contributed by atoms with van der Waals surface area (Å²) >= 11 is 0. The van der Waals surface area contributed by atoms with Crippen LogP contribution >= 0.6 is 0 Å². The van der Waals surface area contributed by atoms with Crippen LogP contribution in [-0.2, 0) is 22.5 Å². The van der Waals surface area contributed by atoms with Crippen LogP contribution in [0.5, 0.6) is 5.75 Å². The van der Waals surface area contributed by atoms with E-state index in [1.807, 2.05) is 63.2 Å². The minimum atomic E-state index is -0.141. The smallest absolute Gasteiger partial charge is 0.154 e. The van der Waals surface area contributed by atoms with Crippen molar-refractivity contribution in [2.45, 2.75) is 46.5 Å². The van der Waals surface area contributed by atoms with Crippen molar-refractivity contribution < 1.29 is 18.7 Å². The van der Waals surface area contributed by atoms with Gasteiger partial charge in [-0.15, -0.1) is 0 Å². The Balaban J connectivity index is 1.51. The lowest BCUT2D eigenvalue weighted by atomic mass is 10.1. The average Bonchev–Trinajstić information content (AvgIpc) is 3.12. The Hall–Kier alpha value is -2.63. The lowest BCUT2D eigenvalue weighted by Gasteiger charge is -2.12. The molecule has 5 heteroatoms. The molecule has 1 aromatic heterocycles. The van der Waals surface area contributed by atoms with Gasteiger partial charge in [-0.05, 0) is 51.3 Å². The van der Waals surface area contributed by atoms with Gasteiger partial charge in [0.15, 0.2) is 6.29 Å². The minimum Gasteiger partial charge on any atom is -0.489 e. The number of nitrogens with zero attached hydrogens (tertiary/aromatic N) is 1. The highest BCUT2D eigenvalue weighted by Crippen LogP contribution is 2.26. The molecule has 1 unspecified atom stereocenters. The van der Waals surface area contributed by atoms with E-state index >= 15 is 0 Å². The highest BCUT2D eigenvalue weighted by atomic mass is 16.7. The van der Waals surface area contributed by atoms with Gasteiger partial charge in [0, 0.05) is 12.2 Å². The van der Waals surface area contributed by atoms with E-state index in [-0.39, 0.29) is 6.29 Å². The van der Waals surface area contributed by atoms with Gasteiger partial charge >= 0.3 is 0 Å². The molecule has 3 aromatic rings. The molecule has 0 aliphatic rings. The van der Waals surface area contributed by atoms with E-state index in [9.17, 15) is 0 Å². The van der Waals surface area contributed by atoms with Gasteiger partial charge in [0.1, 0.15) is 23.8 Å². The van der Waals surface area contributed by atoms with Crippen molar-refractivity contribution in [3.05, 3.63) is 71.5 Å². The second-order valence-electron chi connectivity index (χ2n) is 6.86. The molecule has 0 saturated carbocycles. The second kappa shape index (κ2) is 10.8. The van der Waals surface area contributed by atoms with Gasteiger partial charge in [0.2, 0.25) is 0 Å². The monoisotopic (exact) mass is 395 g/mol. The van der Waals surface area contributed by atoms with Crippen LogP contribution in [-0.4, -0.2) is 24.7 Å². The summed E-state index contributed by atoms with van der Waals surface area (Å²) in [6.45, 7) is 7.59. The minimum absolute atomic E-state index is 0.141. The summed E-state index contributed by atoms with van der Waals surface area (Å²) in [5, 5.41) is 4.20. The summed E-state index contributed by atoms with van der Waals surface area (Å²) in [4.78, 5) is 0. The summed E-state index contributed by atoms with van der Waals surface area (Å²) in [5.74, 6) is 1.61. The highest BCUT2D eigenvalue weighted by Gasteiger charge is 2.15. The number of rotatable bonds is 11. The Labute approximate surface area is 172 Å². The van der Waals surface area contributed by atoms with E-state index in [1.165, 1.54) is 5.56 Å². The fraction of sp³-hybridized carbons (Fsp3) is 0.375. The number of hydrogen-bond donors (Lipinski definition) is 0. The summed E-state index contributed by atoms with van der Waals surface area (Å²) in [6, 6.07) is 18.2. The van der Waals surface area contributed by atoms with Crippen molar-refractivity contribution in [1.82, 2.24) is 5.16 Å². The molecule has 0 saturated heterocycles. The van der Waals surface area contributed by atoms with Gasteiger partial charge in [0.05, 0.1) is 12.2 Å². The maximum Gasteiger partial charge on any atom is 0.154 e. The zero-order valence-corrected chi connectivity index (χ0v) is 17.4. The van der Waals surface area contributed by atoms with Crippen molar-refractivity contribution in [3.8, 4) is 17.0 Å². The van der Waals surface area contributed by atoms with Crippen LogP contribution in [0.25, 0.3) is 11.3 Å². The van der Waals surface area contributed by atoms with E-state index in [0.29, 0.717) is 19.8 Å². The molecule has 0 amide bonds. The lowest BCUT2D eigenvalue weighted by Crippen LogP contribution is -2.13. The molecule has 0 N–H and O–H groups in total. The molecule has 1 heterocycles. The van der Waals surface area contributed by atoms with Crippen LogP contribution in [0.15, 0.2) is 59.1 Å². The SMILES string of the molecule is CCOC(C)OCCCc1ccc(OCc2c(-c3ccccc3)noc2C)cc1. The third-order valence-electron chi connectivity index (χ3n) is 4.70. The van der Waals surface area contributed by atoms with Gasteiger partial charge in [-0.25, -0.2) is 0 Å². The van der Waals surface area contributed by atoms with Crippen molar-refractivity contribution in [2.24, 2.45) is 0 Å². The fourth-order valence-electron chi connectivity index (χ4n) is 3.10. The van der Waals surface area contributed by atoms with Gasteiger partial charge in [-0.1, -0.05) is 47.6 Å². The summed E-state index contributed by atoms with van der Waals surface area (Å²) < 4.78 is 22.4. The van der Waals surface area contributed by atoms with E-state index in [0.717, 1.165) is 41.2 Å².